The van der Waals surface area contributed by atoms with Crippen molar-refractivity contribution in [3.05, 3.63) is 21.7 Å². The first-order valence-corrected chi connectivity index (χ1v) is 5.86. The highest BCUT2D eigenvalue weighted by Crippen LogP contribution is 2.42. The third kappa shape index (κ3) is 2.23. The monoisotopic (exact) mass is 301 g/mol. The lowest BCUT2D eigenvalue weighted by Crippen LogP contribution is -2.32. The third-order valence-electron chi connectivity index (χ3n) is 2.71. The average Bonchev–Trinajstić information content (AvgIpc) is 2.73. The van der Waals surface area contributed by atoms with Crippen molar-refractivity contribution in [2.75, 3.05) is 6.79 Å². The van der Waals surface area contributed by atoms with Crippen LogP contribution in [0.4, 0.5) is 0 Å². The fourth-order valence-electron chi connectivity index (χ4n) is 1.68. The minimum Gasteiger partial charge on any atom is -0.480 e. The molecule has 1 atom stereocenters. The lowest BCUT2D eigenvalue weighted by Gasteiger charge is -2.12. The van der Waals surface area contributed by atoms with Crippen LogP contribution in [0.25, 0.3) is 0 Å². The van der Waals surface area contributed by atoms with Gasteiger partial charge in [-0.1, -0.05) is 0 Å². The predicted molar refractivity (Wildman–Crippen MR) is 64.3 cm³/mol. The van der Waals surface area contributed by atoms with Crippen molar-refractivity contribution >= 4 is 21.9 Å². The van der Waals surface area contributed by atoms with Gasteiger partial charge in [0.15, 0.2) is 11.5 Å². The number of carboxylic acids is 1. The van der Waals surface area contributed by atoms with Crippen LogP contribution in [0.2, 0.25) is 0 Å². The molecule has 0 spiro atoms. The molecule has 17 heavy (non-hydrogen) atoms. The normalized spacial score (nSPS) is 14.8. The molecule has 0 aromatic heterocycles. The number of halogens is 1. The van der Waals surface area contributed by atoms with E-state index in [0.29, 0.717) is 11.5 Å². The first-order valence-electron chi connectivity index (χ1n) is 5.06. The fourth-order valence-corrected chi connectivity index (χ4v) is 2.25. The van der Waals surface area contributed by atoms with E-state index in [1.807, 2.05) is 6.92 Å². The molecular formula is C11H12BrNO4. The van der Waals surface area contributed by atoms with Gasteiger partial charge in [0, 0.05) is 0 Å². The summed E-state index contributed by atoms with van der Waals surface area (Å²) >= 11 is 3.42. The van der Waals surface area contributed by atoms with Crippen LogP contribution in [0.5, 0.6) is 11.5 Å². The highest BCUT2D eigenvalue weighted by atomic mass is 79.9. The van der Waals surface area contributed by atoms with E-state index in [4.69, 9.17) is 20.3 Å². The maximum Gasteiger partial charge on any atom is 0.320 e. The van der Waals surface area contributed by atoms with E-state index in [0.717, 1.165) is 15.6 Å². The number of aliphatic carboxylic acids is 1. The van der Waals surface area contributed by atoms with Crippen molar-refractivity contribution < 1.29 is 19.4 Å². The number of ether oxygens (including phenoxy) is 2. The lowest BCUT2D eigenvalue weighted by atomic mass is 10.0. The van der Waals surface area contributed by atoms with E-state index in [-0.39, 0.29) is 13.2 Å². The van der Waals surface area contributed by atoms with Gasteiger partial charge in [0.25, 0.3) is 0 Å². The van der Waals surface area contributed by atoms with Crippen LogP contribution in [0.15, 0.2) is 10.5 Å². The molecule has 1 aromatic carbocycles. The van der Waals surface area contributed by atoms with Gasteiger partial charge in [0.1, 0.15) is 6.04 Å². The summed E-state index contributed by atoms with van der Waals surface area (Å²) in [5, 5.41) is 8.80. The molecule has 0 saturated heterocycles. The van der Waals surface area contributed by atoms with Crippen LogP contribution < -0.4 is 15.2 Å². The maximum absolute atomic E-state index is 10.7. The molecule has 1 aliphatic heterocycles. The molecule has 0 aliphatic carbocycles. The summed E-state index contributed by atoms with van der Waals surface area (Å²) in [4.78, 5) is 10.7. The summed E-state index contributed by atoms with van der Waals surface area (Å²) in [6.45, 7) is 2.07. The molecule has 5 nitrogen and oxygen atoms in total. The largest absolute Gasteiger partial charge is 0.480 e. The molecule has 6 heteroatoms. The van der Waals surface area contributed by atoms with Gasteiger partial charge in [-0.15, -0.1) is 0 Å². The van der Waals surface area contributed by atoms with Crippen molar-refractivity contribution in [3.63, 3.8) is 0 Å². The smallest absolute Gasteiger partial charge is 0.320 e. The molecule has 1 heterocycles. The first kappa shape index (κ1) is 12.2. The topological polar surface area (TPSA) is 81.8 Å². The second-order valence-corrected chi connectivity index (χ2v) is 4.65. The second kappa shape index (κ2) is 4.54. The highest BCUT2D eigenvalue weighted by molar-refractivity contribution is 9.10. The number of carboxylic acid groups (broad SMARTS) is 1. The summed E-state index contributed by atoms with van der Waals surface area (Å²) in [6.07, 6.45) is 0.260. The van der Waals surface area contributed by atoms with Gasteiger partial charge in [-0.2, -0.15) is 0 Å². The van der Waals surface area contributed by atoms with E-state index < -0.39 is 12.0 Å². The summed E-state index contributed by atoms with van der Waals surface area (Å²) in [5.74, 6) is 0.267. The lowest BCUT2D eigenvalue weighted by molar-refractivity contribution is -0.138. The van der Waals surface area contributed by atoms with Gasteiger partial charge in [-0.05, 0) is 46.5 Å². The number of benzene rings is 1. The Bertz CT molecular complexity index is 475. The SMILES string of the molecule is Cc1c(CC(N)C(=O)O)cc2c(c1Br)OCO2. The number of fused-ring (bicyclic) bond motifs is 1. The number of hydrogen-bond acceptors (Lipinski definition) is 4. The molecule has 0 bridgehead atoms. The van der Waals surface area contributed by atoms with E-state index >= 15 is 0 Å². The zero-order valence-corrected chi connectivity index (χ0v) is 10.8. The molecule has 92 valence electrons. The highest BCUT2D eigenvalue weighted by Gasteiger charge is 2.23. The van der Waals surface area contributed by atoms with E-state index in [2.05, 4.69) is 15.9 Å². The summed E-state index contributed by atoms with van der Waals surface area (Å²) in [5.41, 5.74) is 7.29. The van der Waals surface area contributed by atoms with Gasteiger partial charge in [-0.3, -0.25) is 4.79 Å². The van der Waals surface area contributed by atoms with Crippen molar-refractivity contribution in [2.24, 2.45) is 5.73 Å². The average molecular weight is 302 g/mol. The quantitative estimate of drug-likeness (QED) is 0.883. The number of carbonyl (C=O) groups is 1. The minimum absolute atomic E-state index is 0.182. The molecule has 0 fully saturated rings. The zero-order valence-electron chi connectivity index (χ0n) is 9.20. The minimum atomic E-state index is -1.02. The molecule has 0 saturated carbocycles. The molecular weight excluding hydrogens is 290 g/mol. The van der Waals surface area contributed by atoms with E-state index in [1.165, 1.54) is 0 Å². The Balaban J connectivity index is 2.36. The number of hydrogen-bond donors (Lipinski definition) is 2. The Morgan fingerprint density at radius 1 is 1.65 bits per heavy atom. The fraction of sp³-hybridized carbons (Fsp3) is 0.364. The van der Waals surface area contributed by atoms with Gasteiger partial charge >= 0.3 is 5.97 Å². The zero-order chi connectivity index (χ0) is 12.6. The van der Waals surface area contributed by atoms with Crippen LogP contribution >= 0.6 is 15.9 Å². The van der Waals surface area contributed by atoms with Gasteiger partial charge in [-0.25, -0.2) is 0 Å². The van der Waals surface area contributed by atoms with Crippen molar-refractivity contribution in [1.29, 1.82) is 0 Å². The molecule has 1 unspecified atom stereocenters. The first-order chi connectivity index (χ1) is 8.00. The van der Waals surface area contributed by atoms with Crippen molar-refractivity contribution in [2.45, 2.75) is 19.4 Å². The Morgan fingerprint density at radius 3 is 3.00 bits per heavy atom. The summed E-state index contributed by atoms with van der Waals surface area (Å²) < 4.78 is 11.4. The van der Waals surface area contributed by atoms with E-state index in [1.54, 1.807) is 6.07 Å². The Kier molecular flexibility index (Phi) is 3.26. The van der Waals surface area contributed by atoms with Crippen LogP contribution in [0.1, 0.15) is 11.1 Å². The van der Waals surface area contributed by atoms with Crippen molar-refractivity contribution in [1.82, 2.24) is 0 Å². The summed E-state index contributed by atoms with van der Waals surface area (Å²) in [7, 11) is 0. The Morgan fingerprint density at radius 2 is 2.35 bits per heavy atom. The molecule has 0 radical (unpaired) electrons. The van der Waals surface area contributed by atoms with E-state index in [9.17, 15) is 4.79 Å². The second-order valence-electron chi connectivity index (χ2n) is 3.86. The molecule has 0 amide bonds. The molecule has 3 N–H and O–H groups in total. The van der Waals surface area contributed by atoms with Crippen LogP contribution in [-0.2, 0) is 11.2 Å². The standard InChI is InChI=1S/C11H12BrNO4/c1-5-6(2-7(13)11(14)15)3-8-10(9(5)12)17-4-16-8/h3,7H,2,4,13H2,1H3,(H,14,15). The van der Waals surface area contributed by atoms with Gasteiger partial charge in [0.05, 0.1) is 4.47 Å². The number of nitrogens with two attached hydrogens (primary N) is 1. The van der Waals surface area contributed by atoms with Crippen LogP contribution in [0, 0.1) is 6.92 Å². The predicted octanol–water partition coefficient (Wildman–Crippen LogP) is 1.44. The van der Waals surface area contributed by atoms with Gasteiger partial charge in [0.2, 0.25) is 6.79 Å². The maximum atomic E-state index is 10.7. The molecule has 2 rings (SSSR count). The van der Waals surface area contributed by atoms with Crippen LogP contribution in [0.3, 0.4) is 0 Å². The van der Waals surface area contributed by atoms with Crippen LogP contribution in [-0.4, -0.2) is 23.9 Å². The number of rotatable bonds is 3. The van der Waals surface area contributed by atoms with Gasteiger partial charge < -0.3 is 20.3 Å². The Labute approximate surface area is 107 Å². The molecule has 1 aromatic rings. The van der Waals surface area contributed by atoms with Crippen molar-refractivity contribution in [3.8, 4) is 11.5 Å². The summed E-state index contributed by atoms with van der Waals surface area (Å²) in [6, 6.07) is 0.867. The molecule has 1 aliphatic rings. The third-order valence-corrected chi connectivity index (χ3v) is 3.67. The Hall–Kier alpha value is -1.27.